The Kier molecular flexibility index (Phi) is 40.2. The van der Waals surface area contributed by atoms with Crippen molar-refractivity contribution in [2.24, 2.45) is 0 Å². The minimum absolute atomic E-state index is 0.0332. The SMILES string of the molecule is CCCCCCCCC/C=C\CCCCCCCC(=O)OCCCCCCCCCCCC(=O)NC(CO)C(O)CCCCCCCCCCC. The number of unbranched alkanes of at least 4 members (excludes halogenated alkanes) is 28. The summed E-state index contributed by atoms with van der Waals surface area (Å²) in [6.45, 7) is 4.85. The summed E-state index contributed by atoms with van der Waals surface area (Å²) in [4.78, 5) is 24.4. The zero-order chi connectivity index (χ0) is 37.3. The molecular weight excluding hydrogens is 634 g/mol. The molecule has 0 bridgehead atoms. The summed E-state index contributed by atoms with van der Waals surface area (Å²) in [6.07, 6.45) is 44.5. The standard InChI is InChI=1S/C45H87NO5/c1-3-5-7-9-11-13-14-15-16-17-18-19-23-27-31-35-39-45(50)51-40-36-32-28-24-20-22-26-30-34-38-44(49)46-42(41-47)43(48)37-33-29-25-21-12-10-8-6-4-2/h16-17,42-43,47-48H,3-15,18-41H2,1-2H3,(H,46,49)/b17-16-. The fraction of sp³-hybridized carbons (Fsp3) is 0.911. The van der Waals surface area contributed by atoms with Crippen molar-refractivity contribution in [2.45, 2.75) is 251 Å². The Morgan fingerprint density at radius 3 is 1.39 bits per heavy atom. The highest BCUT2D eigenvalue weighted by Crippen LogP contribution is 2.15. The molecule has 0 aliphatic carbocycles. The molecule has 0 aromatic carbocycles. The number of hydrogen-bond donors (Lipinski definition) is 3. The van der Waals surface area contributed by atoms with Crippen LogP contribution in [-0.4, -0.2) is 47.4 Å². The van der Waals surface area contributed by atoms with Crippen LogP contribution in [0, 0.1) is 0 Å². The molecule has 51 heavy (non-hydrogen) atoms. The van der Waals surface area contributed by atoms with Gasteiger partial charge in [-0.05, 0) is 51.4 Å². The van der Waals surface area contributed by atoms with Gasteiger partial charge in [0.15, 0.2) is 0 Å². The van der Waals surface area contributed by atoms with Gasteiger partial charge < -0.3 is 20.3 Å². The van der Waals surface area contributed by atoms with E-state index in [1.165, 1.54) is 148 Å². The van der Waals surface area contributed by atoms with Gasteiger partial charge in [-0.2, -0.15) is 0 Å². The molecule has 0 aromatic heterocycles. The number of carbonyl (C=O) groups excluding carboxylic acids is 2. The Balaban J connectivity index is 3.47. The second-order valence-corrected chi connectivity index (χ2v) is 15.4. The molecule has 2 atom stereocenters. The molecule has 0 radical (unpaired) electrons. The van der Waals surface area contributed by atoms with Crippen LogP contribution < -0.4 is 5.32 Å². The molecule has 0 fully saturated rings. The van der Waals surface area contributed by atoms with Crippen LogP contribution in [0.3, 0.4) is 0 Å². The first-order valence-corrected chi connectivity index (χ1v) is 22.4. The van der Waals surface area contributed by atoms with Gasteiger partial charge in [-0.15, -0.1) is 0 Å². The minimum atomic E-state index is -0.678. The molecule has 0 aliphatic rings. The van der Waals surface area contributed by atoms with Gasteiger partial charge in [-0.1, -0.05) is 187 Å². The van der Waals surface area contributed by atoms with Crippen molar-refractivity contribution in [3.8, 4) is 0 Å². The molecule has 6 nitrogen and oxygen atoms in total. The Hall–Kier alpha value is -1.40. The van der Waals surface area contributed by atoms with E-state index in [0.717, 1.165) is 57.8 Å². The summed E-state index contributed by atoms with van der Waals surface area (Å²) in [6, 6.07) is -0.558. The van der Waals surface area contributed by atoms with Crippen LogP contribution in [0.5, 0.6) is 0 Å². The number of allylic oxidation sites excluding steroid dienone is 2. The van der Waals surface area contributed by atoms with Gasteiger partial charge in [0.1, 0.15) is 0 Å². The van der Waals surface area contributed by atoms with E-state index in [1.807, 2.05) is 0 Å². The van der Waals surface area contributed by atoms with Gasteiger partial charge >= 0.3 is 5.97 Å². The van der Waals surface area contributed by atoms with Crippen molar-refractivity contribution < 1.29 is 24.5 Å². The monoisotopic (exact) mass is 722 g/mol. The quantitative estimate of drug-likeness (QED) is 0.0332. The topological polar surface area (TPSA) is 95.9 Å². The second-order valence-electron chi connectivity index (χ2n) is 15.4. The summed E-state index contributed by atoms with van der Waals surface area (Å²) in [5, 5.41) is 23.0. The van der Waals surface area contributed by atoms with Gasteiger partial charge in [0.05, 0.1) is 25.4 Å². The number of nitrogens with one attached hydrogen (secondary N) is 1. The lowest BCUT2D eigenvalue weighted by atomic mass is 10.0. The van der Waals surface area contributed by atoms with Gasteiger partial charge in [-0.25, -0.2) is 0 Å². The van der Waals surface area contributed by atoms with Crippen molar-refractivity contribution in [1.82, 2.24) is 5.32 Å². The molecule has 0 aliphatic heterocycles. The average Bonchev–Trinajstić information content (AvgIpc) is 3.13. The first kappa shape index (κ1) is 49.6. The van der Waals surface area contributed by atoms with Gasteiger partial charge in [-0.3, -0.25) is 9.59 Å². The van der Waals surface area contributed by atoms with Gasteiger partial charge in [0, 0.05) is 12.8 Å². The van der Waals surface area contributed by atoms with E-state index in [-0.39, 0.29) is 18.5 Å². The van der Waals surface area contributed by atoms with Crippen LogP contribution in [0.4, 0.5) is 0 Å². The number of carbonyl (C=O) groups is 2. The summed E-state index contributed by atoms with van der Waals surface area (Å²) < 4.78 is 5.44. The fourth-order valence-electron chi connectivity index (χ4n) is 6.81. The van der Waals surface area contributed by atoms with Crippen molar-refractivity contribution in [2.75, 3.05) is 13.2 Å². The lowest BCUT2D eigenvalue weighted by Gasteiger charge is -2.22. The maximum absolute atomic E-state index is 12.3. The number of amides is 1. The summed E-state index contributed by atoms with van der Waals surface area (Å²) >= 11 is 0. The third-order valence-corrected chi connectivity index (χ3v) is 10.3. The largest absolute Gasteiger partial charge is 0.466 e. The van der Waals surface area contributed by atoms with E-state index in [1.54, 1.807) is 0 Å². The zero-order valence-corrected chi connectivity index (χ0v) is 34.1. The number of aliphatic hydroxyl groups excluding tert-OH is 2. The van der Waals surface area contributed by atoms with E-state index in [4.69, 9.17) is 4.74 Å². The third kappa shape index (κ3) is 38.1. The highest BCUT2D eigenvalue weighted by atomic mass is 16.5. The first-order chi connectivity index (χ1) is 25.0. The summed E-state index contributed by atoms with van der Waals surface area (Å²) in [5.41, 5.74) is 0. The van der Waals surface area contributed by atoms with Crippen LogP contribution in [0.1, 0.15) is 239 Å². The number of aliphatic hydroxyl groups is 2. The van der Waals surface area contributed by atoms with Crippen LogP contribution in [-0.2, 0) is 14.3 Å². The lowest BCUT2D eigenvalue weighted by molar-refractivity contribution is -0.143. The van der Waals surface area contributed by atoms with E-state index < -0.39 is 12.1 Å². The predicted octanol–water partition coefficient (Wildman–Crippen LogP) is 12.6. The Morgan fingerprint density at radius 1 is 0.529 bits per heavy atom. The maximum atomic E-state index is 12.3. The third-order valence-electron chi connectivity index (χ3n) is 10.3. The van der Waals surface area contributed by atoms with Crippen LogP contribution in [0.25, 0.3) is 0 Å². The molecule has 2 unspecified atom stereocenters. The number of hydrogen-bond acceptors (Lipinski definition) is 5. The molecule has 0 saturated heterocycles. The van der Waals surface area contributed by atoms with Crippen molar-refractivity contribution in [3.63, 3.8) is 0 Å². The van der Waals surface area contributed by atoms with Crippen LogP contribution in [0.2, 0.25) is 0 Å². The molecule has 302 valence electrons. The van der Waals surface area contributed by atoms with Crippen LogP contribution >= 0.6 is 0 Å². The van der Waals surface area contributed by atoms with E-state index in [9.17, 15) is 19.8 Å². The number of ether oxygens (including phenoxy) is 1. The zero-order valence-electron chi connectivity index (χ0n) is 34.1. The van der Waals surface area contributed by atoms with E-state index in [2.05, 4.69) is 31.3 Å². The molecular formula is C45H87NO5. The molecule has 1 amide bonds. The van der Waals surface area contributed by atoms with Crippen molar-refractivity contribution in [1.29, 1.82) is 0 Å². The smallest absolute Gasteiger partial charge is 0.305 e. The summed E-state index contributed by atoms with van der Waals surface area (Å²) in [5.74, 6) is -0.0992. The van der Waals surface area contributed by atoms with E-state index in [0.29, 0.717) is 25.9 Å². The Morgan fingerprint density at radius 2 is 0.922 bits per heavy atom. The van der Waals surface area contributed by atoms with E-state index >= 15 is 0 Å². The summed E-state index contributed by atoms with van der Waals surface area (Å²) in [7, 11) is 0. The highest BCUT2D eigenvalue weighted by Gasteiger charge is 2.20. The molecule has 0 rings (SSSR count). The van der Waals surface area contributed by atoms with Crippen LogP contribution in [0.15, 0.2) is 12.2 Å². The predicted molar refractivity (Wildman–Crippen MR) is 218 cm³/mol. The minimum Gasteiger partial charge on any atom is -0.466 e. The maximum Gasteiger partial charge on any atom is 0.305 e. The lowest BCUT2D eigenvalue weighted by Crippen LogP contribution is -2.45. The number of rotatable bonds is 41. The average molecular weight is 722 g/mol. The fourth-order valence-corrected chi connectivity index (χ4v) is 6.81. The Bertz CT molecular complexity index is 757. The molecule has 0 spiro atoms. The van der Waals surface area contributed by atoms with Gasteiger partial charge in [0.25, 0.3) is 0 Å². The molecule has 0 saturated carbocycles. The van der Waals surface area contributed by atoms with Gasteiger partial charge in [0.2, 0.25) is 5.91 Å². The number of esters is 1. The highest BCUT2D eigenvalue weighted by molar-refractivity contribution is 5.76. The second kappa shape index (κ2) is 41.4. The molecule has 0 aromatic rings. The normalized spacial score (nSPS) is 12.8. The van der Waals surface area contributed by atoms with Crippen molar-refractivity contribution in [3.05, 3.63) is 12.2 Å². The molecule has 3 N–H and O–H groups in total. The first-order valence-electron chi connectivity index (χ1n) is 22.4. The van der Waals surface area contributed by atoms with Crippen molar-refractivity contribution >= 4 is 11.9 Å². The molecule has 6 heteroatoms. The Labute approximate surface area is 317 Å². The molecule has 0 heterocycles.